The number of hydrogen-bond donors (Lipinski definition) is 1. The molecule has 0 bridgehead atoms. The van der Waals surface area contributed by atoms with E-state index in [0.717, 1.165) is 5.56 Å². The Morgan fingerprint density at radius 1 is 0.955 bits per heavy atom. The molecule has 2 rings (SSSR count). The van der Waals surface area contributed by atoms with E-state index in [1.165, 1.54) is 7.11 Å². The van der Waals surface area contributed by atoms with E-state index in [9.17, 15) is 8.42 Å². The lowest BCUT2D eigenvalue weighted by atomic mass is 9.97. The summed E-state index contributed by atoms with van der Waals surface area (Å²) in [5.41, 5.74) is 0.941. The zero-order valence-corrected chi connectivity index (χ0v) is 13.8. The summed E-state index contributed by atoms with van der Waals surface area (Å²) in [6.45, 7) is 3.98. The van der Waals surface area contributed by atoms with Gasteiger partial charge in [-0.1, -0.05) is 56.3 Å². The third kappa shape index (κ3) is 3.67. The van der Waals surface area contributed by atoms with E-state index < -0.39 is 10.0 Å². The van der Waals surface area contributed by atoms with Crippen LogP contribution in [0.5, 0.6) is 5.75 Å². The Balaban J connectivity index is 2.37. The number of benzene rings is 2. The minimum atomic E-state index is -3.67. The first-order chi connectivity index (χ1) is 10.5. The number of rotatable bonds is 6. The largest absolute Gasteiger partial charge is 0.495 e. The molecule has 118 valence electrons. The molecule has 0 saturated carbocycles. The molecule has 1 unspecified atom stereocenters. The monoisotopic (exact) mass is 319 g/mol. The molecule has 4 nitrogen and oxygen atoms in total. The summed E-state index contributed by atoms with van der Waals surface area (Å²) >= 11 is 0. The summed E-state index contributed by atoms with van der Waals surface area (Å²) in [5, 5.41) is 0. The van der Waals surface area contributed by atoms with Gasteiger partial charge in [-0.25, -0.2) is 13.1 Å². The number of sulfonamides is 1. The summed E-state index contributed by atoms with van der Waals surface area (Å²) in [6, 6.07) is 15.9. The Bertz CT molecular complexity index is 712. The van der Waals surface area contributed by atoms with E-state index in [4.69, 9.17) is 4.74 Å². The molecule has 0 heterocycles. The van der Waals surface area contributed by atoms with Crippen molar-refractivity contribution in [3.8, 4) is 5.75 Å². The molecule has 1 N–H and O–H groups in total. The number of nitrogens with one attached hydrogen (secondary N) is 1. The average Bonchev–Trinajstić information content (AvgIpc) is 2.53. The fraction of sp³-hybridized carbons (Fsp3) is 0.294. The molecule has 0 saturated heterocycles. The smallest absolute Gasteiger partial charge is 0.244 e. The third-order valence-electron chi connectivity index (χ3n) is 3.47. The van der Waals surface area contributed by atoms with E-state index in [1.54, 1.807) is 24.3 Å². The average molecular weight is 319 g/mol. The van der Waals surface area contributed by atoms with Crippen molar-refractivity contribution in [3.05, 3.63) is 60.2 Å². The van der Waals surface area contributed by atoms with Crippen molar-refractivity contribution >= 4 is 10.0 Å². The standard InChI is InChI=1S/C17H21NO3S/c1-13(2)17(14-9-5-4-6-10-14)18-22(19,20)16-12-8-7-11-15(16)21-3/h4-13,17-18H,1-3H3. The summed E-state index contributed by atoms with van der Waals surface area (Å²) in [5.74, 6) is 0.456. The first-order valence-corrected chi connectivity index (χ1v) is 8.64. The number of para-hydroxylation sites is 1. The molecule has 1 atom stereocenters. The molecule has 5 heteroatoms. The van der Waals surface area contributed by atoms with Gasteiger partial charge in [0.05, 0.1) is 7.11 Å². The Kier molecular flexibility index (Phi) is 5.21. The van der Waals surface area contributed by atoms with Crippen molar-refractivity contribution in [2.75, 3.05) is 7.11 Å². The molecule has 2 aromatic rings. The van der Waals surface area contributed by atoms with Crippen LogP contribution in [-0.4, -0.2) is 15.5 Å². The molecule has 0 aromatic heterocycles. The van der Waals surface area contributed by atoms with Gasteiger partial charge in [-0.05, 0) is 23.6 Å². The topological polar surface area (TPSA) is 55.4 Å². The summed E-state index contributed by atoms with van der Waals surface area (Å²) in [7, 11) is -2.21. The quantitative estimate of drug-likeness (QED) is 0.888. The van der Waals surface area contributed by atoms with Gasteiger partial charge in [0.15, 0.2) is 0 Å². The summed E-state index contributed by atoms with van der Waals surface area (Å²) < 4.78 is 33.4. The SMILES string of the molecule is COc1ccccc1S(=O)(=O)NC(c1ccccc1)C(C)C. The van der Waals surface area contributed by atoms with Crippen LogP contribution in [0.1, 0.15) is 25.5 Å². The Morgan fingerprint density at radius 2 is 1.55 bits per heavy atom. The molecule has 0 aliphatic carbocycles. The lowest BCUT2D eigenvalue weighted by molar-refractivity contribution is 0.400. The van der Waals surface area contributed by atoms with Gasteiger partial charge in [0.1, 0.15) is 10.6 Å². The predicted molar refractivity (Wildman–Crippen MR) is 87.3 cm³/mol. The van der Waals surface area contributed by atoms with Crippen LogP contribution in [-0.2, 0) is 10.0 Å². The van der Waals surface area contributed by atoms with Crippen LogP contribution in [0.2, 0.25) is 0 Å². The van der Waals surface area contributed by atoms with Gasteiger partial charge in [-0.2, -0.15) is 0 Å². The Labute approximate surface area is 132 Å². The Morgan fingerprint density at radius 3 is 2.14 bits per heavy atom. The summed E-state index contributed by atoms with van der Waals surface area (Å²) in [4.78, 5) is 0.152. The highest BCUT2D eigenvalue weighted by Gasteiger charge is 2.26. The van der Waals surface area contributed by atoms with Crippen molar-refractivity contribution in [2.24, 2.45) is 5.92 Å². The lowest BCUT2D eigenvalue weighted by Gasteiger charge is -2.23. The highest BCUT2D eigenvalue weighted by Crippen LogP contribution is 2.27. The van der Waals surface area contributed by atoms with Gasteiger partial charge >= 0.3 is 0 Å². The van der Waals surface area contributed by atoms with Gasteiger partial charge in [0.25, 0.3) is 0 Å². The molecule has 0 spiro atoms. The van der Waals surface area contributed by atoms with E-state index in [2.05, 4.69) is 4.72 Å². The predicted octanol–water partition coefficient (Wildman–Crippen LogP) is 3.37. The van der Waals surface area contributed by atoms with Crippen LogP contribution in [0.3, 0.4) is 0 Å². The first-order valence-electron chi connectivity index (χ1n) is 7.16. The molecule has 0 radical (unpaired) electrons. The number of ether oxygens (including phenoxy) is 1. The fourth-order valence-electron chi connectivity index (χ4n) is 2.32. The maximum atomic E-state index is 12.7. The molecule has 22 heavy (non-hydrogen) atoms. The maximum absolute atomic E-state index is 12.7. The molecule has 2 aromatic carbocycles. The first kappa shape index (κ1) is 16.5. The van der Waals surface area contributed by atoms with E-state index in [-0.39, 0.29) is 16.9 Å². The maximum Gasteiger partial charge on any atom is 0.244 e. The minimum Gasteiger partial charge on any atom is -0.495 e. The van der Waals surface area contributed by atoms with Crippen LogP contribution in [0, 0.1) is 5.92 Å². The van der Waals surface area contributed by atoms with Crippen LogP contribution in [0.4, 0.5) is 0 Å². The van der Waals surface area contributed by atoms with Crippen LogP contribution < -0.4 is 9.46 Å². The Hall–Kier alpha value is -1.85. The molecule has 0 aliphatic rings. The van der Waals surface area contributed by atoms with Crippen molar-refractivity contribution in [2.45, 2.75) is 24.8 Å². The van der Waals surface area contributed by atoms with Gasteiger partial charge in [0, 0.05) is 6.04 Å². The second-order valence-electron chi connectivity index (χ2n) is 5.40. The molecule has 0 aliphatic heterocycles. The van der Waals surface area contributed by atoms with Gasteiger partial charge in [-0.3, -0.25) is 0 Å². The number of methoxy groups -OCH3 is 1. The molecule has 0 fully saturated rings. The molecular formula is C17H21NO3S. The zero-order chi connectivity index (χ0) is 16.2. The van der Waals surface area contributed by atoms with E-state index >= 15 is 0 Å². The molecule has 0 amide bonds. The second kappa shape index (κ2) is 6.94. The van der Waals surface area contributed by atoms with Gasteiger partial charge in [0.2, 0.25) is 10.0 Å². The number of hydrogen-bond acceptors (Lipinski definition) is 3. The molecular weight excluding hydrogens is 298 g/mol. The van der Waals surface area contributed by atoms with Crippen LogP contribution >= 0.6 is 0 Å². The normalized spacial score (nSPS) is 13.1. The highest BCUT2D eigenvalue weighted by atomic mass is 32.2. The van der Waals surface area contributed by atoms with Crippen molar-refractivity contribution < 1.29 is 13.2 Å². The fourth-order valence-corrected chi connectivity index (χ4v) is 3.86. The summed E-state index contributed by atoms with van der Waals surface area (Å²) in [6.07, 6.45) is 0. The van der Waals surface area contributed by atoms with Crippen molar-refractivity contribution in [1.82, 2.24) is 4.72 Å². The van der Waals surface area contributed by atoms with Crippen molar-refractivity contribution in [3.63, 3.8) is 0 Å². The highest BCUT2D eigenvalue weighted by molar-refractivity contribution is 7.89. The van der Waals surface area contributed by atoms with Gasteiger partial charge < -0.3 is 4.74 Å². The van der Waals surface area contributed by atoms with Gasteiger partial charge in [-0.15, -0.1) is 0 Å². The van der Waals surface area contributed by atoms with Crippen LogP contribution in [0.25, 0.3) is 0 Å². The third-order valence-corrected chi connectivity index (χ3v) is 4.95. The van der Waals surface area contributed by atoms with E-state index in [0.29, 0.717) is 5.75 Å². The van der Waals surface area contributed by atoms with Crippen LogP contribution in [0.15, 0.2) is 59.5 Å². The zero-order valence-electron chi connectivity index (χ0n) is 13.0. The second-order valence-corrected chi connectivity index (χ2v) is 7.09. The lowest BCUT2D eigenvalue weighted by Crippen LogP contribution is -2.32. The van der Waals surface area contributed by atoms with Crippen molar-refractivity contribution in [1.29, 1.82) is 0 Å². The van der Waals surface area contributed by atoms with E-state index in [1.807, 2.05) is 44.2 Å². The minimum absolute atomic E-state index is 0.117.